The second-order valence-electron chi connectivity index (χ2n) is 11.0. The second-order valence-corrected chi connectivity index (χ2v) is 11.0. The average molecular weight is 521 g/mol. The Morgan fingerprint density at radius 1 is 1.03 bits per heavy atom. The molecule has 2 aromatic rings. The number of fused-ring (bicyclic) bond motifs is 1. The highest BCUT2D eigenvalue weighted by atomic mass is 16.6. The molecule has 2 saturated heterocycles. The van der Waals surface area contributed by atoms with Crippen LogP contribution >= 0.6 is 0 Å². The van der Waals surface area contributed by atoms with Crippen molar-refractivity contribution < 1.29 is 23.8 Å². The third-order valence-corrected chi connectivity index (χ3v) is 6.66. The molecule has 1 N–H and O–H groups in total. The number of likely N-dealkylation sites (tertiary alicyclic amines) is 2. The molecule has 9 heteroatoms. The third kappa shape index (κ3) is 7.86. The Morgan fingerprint density at radius 3 is 2.29 bits per heavy atom. The predicted octanol–water partition coefficient (Wildman–Crippen LogP) is 4.03. The number of carbonyl (C=O) groups is 2. The lowest BCUT2D eigenvalue weighted by atomic mass is 10.0. The van der Waals surface area contributed by atoms with Crippen LogP contribution in [0, 0.1) is 23.2 Å². The van der Waals surface area contributed by atoms with Gasteiger partial charge in [0.25, 0.3) is 0 Å². The Kier molecular flexibility index (Phi) is 8.74. The summed E-state index contributed by atoms with van der Waals surface area (Å²) in [6, 6.07) is 18.4. The summed E-state index contributed by atoms with van der Waals surface area (Å²) in [6.45, 7) is 9.60. The quantitative estimate of drug-likeness (QED) is 0.560. The van der Waals surface area contributed by atoms with Crippen molar-refractivity contribution >= 4 is 12.2 Å². The van der Waals surface area contributed by atoms with Gasteiger partial charge in [0.2, 0.25) is 0 Å². The van der Waals surface area contributed by atoms with Crippen molar-refractivity contribution in [3.63, 3.8) is 0 Å². The van der Waals surface area contributed by atoms with E-state index in [1.807, 2.05) is 51.1 Å². The molecule has 0 spiro atoms. The van der Waals surface area contributed by atoms with E-state index in [2.05, 4.69) is 16.3 Å². The van der Waals surface area contributed by atoms with Gasteiger partial charge in [0.15, 0.2) is 0 Å². The molecule has 2 aromatic carbocycles. The molecule has 2 amide bonds. The van der Waals surface area contributed by atoms with Crippen LogP contribution in [-0.2, 0) is 16.1 Å². The number of rotatable bonds is 8. The van der Waals surface area contributed by atoms with Gasteiger partial charge in [-0.3, -0.25) is 0 Å². The zero-order chi connectivity index (χ0) is 27.1. The molecule has 0 bridgehead atoms. The fourth-order valence-corrected chi connectivity index (χ4v) is 4.95. The van der Waals surface area contributed by atoms with E-state index in [1.54, 1.807) is 29.2 Å². The van der Waals surface area contributed by atoms with E-state index in [0.29, 0.717) is 42.8 Å². The van der Waals surface area contributed by atoms with E-state index in [0.717, 1.165) is 18.7 Å². The number of nitrogens with zero attached hydrogens (tertiary/aromatic N) is 3. The number of hydrogen-bond acceptors (Lipinski definition) is 7. The summed E-state index contributed by atoms with van der Waals surface area (Å²) >= 11 is 0. The van der Waals surface area contributed by atoms with E-state index >= 15 is 0 Å². The van der Waals surface area contributed by atoms with Gasteiger partial charge in [0, 0.05) is 32.7 Å². The minimum atomic E-state index is -0.605. The maximum absolute atomic E-state index is 12.6. The molecule has 2 aliphatic rings. The number of carbonyl (C=O) groups excluding carboxylic acids is 2. The Morgan fingerprint density at radius 2 is 1.68 bits per heavy atom. The zero-order valence-corrected chi connectivity index (χ0v) is 22.3. The van der Waals surface area contributed by atoms with Crippen molar-refractivity contribution in [1.82, 2.24) is 15.1 Å². The van der Waals surface area contributed by atoms with Crippen LogP contribution in [0.15, 0.2) is 54.6 Å². The Bertz CT molecular complexity index is 1110. The Balaban J connectivity index is 1.29. The van der Waals surface area contributed by atoms with Gasteiger partial charge in [-0.15, -0.1) is 0 Å². The topological polar surface area (TPSA) is 104 Å². The van der Waals surface area contributed by atoms with E-state index in [1.165, 1.54) is 0 Å². The lowest BCUT2D eigenvalue weighted by Gasteiger charge is -2.28. The van der Waals surface area contributed by atoms with E-state index in [4.69, 9.17) is 19.5 Å². The molecule has 2 fully saturated rings. The number of nitrogens with one attached hydrogen (secondary N) is 1. The van der Waals surface area contributed by atoms with Gasteiger partial charge in [-0.2, -0.15) is 5.26 Å². The van der Waals surface area contributed by atoms with Crippen LogP contribution in [0.1, 0.15) is 31.9 Å². The van der Waals surface area contributed by atoms with Gasteiger partial charge >= 0.3 is 12.2 Å². The van der Waals surface area contributed by atoms with Crippen molar-refractivity contribution in [2.24, 2.45) is 11.8 Å². The highest BCUT2D eigenvalue weighted by molar-refractivity contribution is 5.68. The van der Waals surface area contributed by atoms with E-state index < -0.39 is 11.7 Å². The van der Waals surface area contributed by atoms with Crippen LogP contribution in [-0.4, -0.2) is 73.0 Å². The van der Waals surface area contributed by atoms with Crippen LogP contribution in [0.3, 0.4) is 0 Å². The van der Waals surface area contributed by atoms with Crippen LogP contribution in [0.4, 0.5) is 9.59 Å². The number of ether oxygens (including phenoxy) is 3. The first-order valence-corrected chi connectivity index (χ1v) is 13.0. The maximum Gasteiger partial charge on any atom is 0.410 e. The third-order valence-electron chi connectivity index (χ3n) is 6.66. The minimum absolute atomic E-state index is 0.259. The van der Waals surface area contributed by atoms with Crippen molar-refractivity contribution in [3.8, 4) is 11.8 Å². The van der Waals surface area contributed by atoms with Crippen molar-refractivity contribution in [3.05, 3.63) is 65.7 Å². The molecule has 3 atom stereocenters. The molecule has 0 aromatic heterocycles. The highest BCUT2D eigenvalue weighted by Crippen LogP contribution is 2.31. The number of benzene rings is 2. The summed E-state index contributed by atoms with van der Waals surface area (Å²) in [6.07, 6.45) is -0.757. The molecule has 2 aliphatic heterocycles. The van der Waals surface area contributed by atoms with Crippen molar-refractivity contribution in [2.75, 3.05) is 39.3 Å². The number of hydrogen-bond donors (Lipinski definition) is 1. The molecule has 0 saturated carbocycles. The SMILES string of the molecule is CC(C)(C)OC(=O)N[C@H](COc1ccc(C#N)cc1)CN1CC2CN(C(=O)OCc3ccccc3)CC2C1. The summed E-state index contributed by atoms with van der Waals surface area (Å²) in [5.41, 5.74) is 0.923. The molecule has 38 heavy (non-hydrogen) atoms. The summed E-state index contributed by atoms with van der Waals surface area (Å²) < 4.78 is 16.9. The lowest BCUT2D eigenvalue weighted by Crippen LogP contribution is -2.48. The molecule has 4 rings (SSSR count). The average Bonchev–Trinajstić information content (AvgIpc) is 3.44. The molecule has 9 nitrogen and oxygen atoms in total. The molecule has 2 heterocycles. The minimum Gasteiger partial charge on any atom is -0.491 e. The fourth-order valence-electron chi connectivity index (χ4n) is 4.95. The first kappa shape index (κ1) is 27.3. The Labute approximate surface area is 224 Å². The monoisotopic (exact) mass is 520 g/mol. The summed E-state index contributed by atoms with van der Waals surface area (Å²) in [5, 5.41) is 12.0. The molecule has 2 unspecified atom stereocenters. The van der Waals surface area contributed by atoms with Crippen molar-refractivity contribution in [1.29, 1.82) is 5.26 Å². The molecule has 202 valence electrons. The summed E-state index contributed by atoms with van der Waals surface area (Å²) in [7, 11) is 0. The summed E-state index contributed by atoms with van der Waals surface area (Å²) in [4.78, 5) is 29.2. The van der Waals surface area contributed by atoms with Crippen LogP contribution in [0.5, 0.6) is 5.75 Å². The van der Waals surface area contributed by atoms with Crippen LogP contribution in [0.2, 0.25) is 0 Å². The summed E-state index contributed by atoms with van der Waals surface area (Å²) in [5.74, 6) is 1.35. The van der Waals surface area contributed by atoms with Gasteiger partial charge in [-0.25, -0.2) is 9.59 Å². The Hall–Kier alpha value is -3.77. The van der Waals surface area contributed by atoms with Gasteiger partial charge in [-0.1, -0.05) is 30.3 Å². The molecular formula is C29H36N4O5. The van der Waals surface area contributed by atoms with E-state index in [-0.39, 0.29) is 25.3 Å². The highest BCUT2D eigenvalue weighted by Gasteiger charge is 2.42. The van der Waals surface area contributed by atoms with Gasteiger partial charge in [0.1, 0.15) is 24.6 Å². The normalized spacial score (nSPS) is 19.8. The zero-order valence-electron chi connectivity index (χ0n) is 22.3. The van der Waals surface area contributed by atoms with Crippen LogP contribution in [0.25, 0.3) is 0 Å². The van der Waals surface area contributed by atoms with E-state index in [9.17, 15) is 9.59 Å². The smallest absolute Gasteiger partial charge is 0.410 e. The van der Waals surface area contributed by atoms with Crippen molar-refractivity contribution in [2.45, 2.75) is 39.0 Å². The molecular weight excluding hydrogens is 484 g/mol. The van der Waals surface area contributed by atoms with Gasteiger partial charge < -0.3 is 29.3 Å². The number of nitriles is 1. The number of alkyl carbamates (subject to hydrolysis) is 1. The van der Waals surface area contributed by atoms with Gasteiger partial charge in [-0.05, 0) is 62.4 Å². The van der Waals surface area contributed by atoms with Crippen LogP contribution < -0.4 is 10.1 Å². The largest absolute Gasteiger partial charge is 0.491 e. The standard InChI is InChI=1S/C29H36N4O5/c1-29(2,3)38-27(34)31-25(20-36-26-11-9-21(13-30)10-12-26)18-32-14-23-16-33(17-24(23)15-32)28(35)37-19-22-7-5-4-6-8-22/h4-12,23-25H,14-20H2,1-3H3,(H,31,34)/t23?,24?,25-/m0/s1. The first-order chi connectivity index (χ1) is 18.2. The lowest BCUT2D eigenvalue weighted by molar-refractivity contribution is 0.0471. The maximum atomic E-state index is 12.6. The molecule has 0 aliphatic carbocycles. The first-order valence-electron chi connectivity index (χ1n) is 13.0. The second kappa shape index (κ2) is 12.2. The van der Waals surface area contributed by atoms with Gasteiger partial charge in [0.05, 0.1) is 17.7 Å². The molecule has 0 radical (unpaired) electrons. The predicted molar refractivity (Wildman–Crippen MR) is 141 cm³/mol. The fraction of sp³-hybridized carbons (Fsp3) is 0.483. The number of amides is 2.